The Labute approximate surface area is 142 Å². The molecular weight excluding hydrogens is 385 g/mol. The van der Waals surface area contributed by atoms with Crippen molar-refractivity contribution >= 4 is 44.4 Å². The quantitative estimate of drug-likeness (QED) is 0.459. The Kier molecular flexibility index (Phi) is 3.22. The molecule has 0 radical (unpaired) electrons. The summed E-state index contributed by atoms with van der Waals surface area (Å²) < 4.78 is 3.61. The Morgan fingerprint density at radius 3 is 2.55 bits per heavy atom. The van der Waals surface area contributed by atoms with E-state index in [0.29, 0.717) is 5.92 Å². The van der Waals surface area contributed by atoms with E-state index in [-0.39, 0.29) is 0 Å². The zero-order valence-corrected chi connectivity index (χ0v) is 14.6. The molecule has 0 spiro atoms. The van der Waals surface area contributed by atoms with Crippen molar-refractivity contribution in [2.24, 2.45) is 0 Å². The minimum Gasteiger partial charge on any atom is -0.313 e. The van der Waals surface area contributed by atoms with Gasteiger partial charge in [-0.05, 0) is 71.0 Å². The van der Waals surface area contributed by atoms with Crippen LogP contribution in [0.15, 0.2) is 48.7 Å². The fraction of sp³-hybridized carbons (Fsp3) is 0.167. The molecule has 2 aromatic heterocycles. The number of aromatic nitrogens is 3. The first kappa shape index (κ1) is 13.8. The van der Waals surface area contributed by atoms with Gasteiger partial charge in [0.25, 0.3) is 0 Å². The molecule has 0 saturated carbocycles. The van der Waals surface area contributed by atoms with Crippen LogP contribution in [0.4, 0.5) is 0 Å². The Bertz CT molecular complexity index is 961. The van der Waals surface area contributed by atoms with Crippen LogP contribution in [0.2, 0.25) is 0 Å². The molecule has 4 rings (SSSR count). The standard InChI is InChI=1S/C18H16IN3/c1-11(2)17-8-12-7-16-13(10-20-21-16)9-18(12)22(17)15-5-3-14(19)4-6-15/h3-11H,1-2H3,(H,20,21). The van der Waals surface area contributed by atoms with E-state index >= 15 is 0 Å². The topological polar surface area (TPSA) is 33.6 Å². The van der Waals surface area contributed by atoms with Gasteiger partial charge in [-0.25, -0.2) is 0 Å². The van der Waals surface area contributed by atoms with E-state index in [0.717, 1.165) is 10.9 Å². The van der Waals surface area contributed by atoms with Crippen molar-refractivity contribution in [3.05, 3.63) is 57.9 Å². The van der Waals surface area contributed by atoms with Gasteiger partial charge >= 0.3 is 0 Å². The van der Waals surface area contributed by atoms with E-state index in [1.807, 2.05) is 6.20 Å². The lowest BCUT2D eigenvalue weighted by Crippen LogP contribution is -2.01. The number of benzene rings is 2. The molecule has 2 aromatic carbocycles. The molecule has 1 N–H and O–H groups in total. The summed E-state index contributed by atoms with van der Waals surface area (Å²) in [7, 11) is 0. The lowest BCUT2D eigenvalue weighted by molar-refractivity contribution is 0.796. The predicted molar refractivity (Wildman–Crippen MR) is 99.7 cm³/mol. The highest BCUT2D eigenvalue weighted by Crippen LogP contribution is 2.31. The number of nitrogens with one attached hydrogen (secondary N) is 1. The molecule has 4 heteroatoms. The zero-order valence-electron chi connectivity index (χ0n) is 12.5. The number of hydrogen-bond donors (Lipinski definition) is 1. The van der Waals surface area contributed by atoms with Gasteiger partial charge < -0.3 is 4.57 Å². The lowest BCUT2D eigenvalue weighted by Gasteiger charge is -2.13. The minimum absolute atomic E-state index is 0.461. The maximum atomic E-state index is 4.14. The van der Waals surface area contributed by atoms with Crippen LogP contribution in [-0.4, -0.2) is 14.8 Å². The second-order valence-electron chi connectivity index (χ2n) is 5.90. The SMILES string of the molecule is CC(C)c1cc2cc3[nH]ncc3cc2n1-c1ccc(I)cc1. The molecule has 2 heterocycles. The van der Waals surface area contributed by atoms with Crippen molar-refractivity contribution in [1.82, 2.24) is 14.8 Å². The summed E-state index contributed by atoms with van der Waals surface area (Å²) in [4.78, 5) is 0. The summed E-state index contributed by atoms with van der Waals surface area (Å²) in [5.74, 6) is 0.461. The fourth-order valence-corrected chi connectivity index (χ4v) is 3.33. The van der Waals surface area contributed by atoms with E-state index in [4.69, 9.17) is 0 Å². The normalized spacial score (nSPS) is 11.8. The number of nitrogens with zero attached hydrogens (tertiary/aromatic N) is 2. The third kappa shape index (κ3) is 2.13. The highest BCUT2D eigenvalue weighted by atomic mass is 127. The van der Waals surface area contributed by atoms with Gasteiger partial charge in [-0.2, -0.15) is 5.10 Å². The van der Waals surface area contributed by atoms with Crippen molar-refractivity contribution in [2.45, 2.75) is 19.8 Å². The summed E-state index contributed by atoms with van der Waals surface area (Å²) in [6, 6.07) is 15.4. The number of halogens is 1. The van der Waals surface area contributed by atoms with Gasteiger partial charge in [-0.15, -0.1) is 0 Å². The molecule has 0 aliphatic rings. The number of fused-ring (bicyclic) bond motifs is 2. The Balaban J connectivity index is 2.08. The average molecular weight is 401 g/mol. The highest BCUT2D eigenvalue weighted by molar-refractivity contribution is 14.1. The first-order valence-corrected chi connectivity index (χ1v) is 8.46. The smallest absolute Gasteiger partial charge is 0.0657 e. The van der Waals surface area contributed by atoms with Crippen molar-refractivity contribution in [3.63, 3.8) is 0 Å². The van der Waals surface area contributed by atoms with Crippen LogP contribution in [0.25, 0.3) is 27.5 Å². The first-order chi connectivity index (χ1) is 10.6. The molecule has 0 atom stereocenters. The second kappa shape index (κ2) is 5.12. The fourth-order valence-electron chi connectivity index (χ4n) is 2.97. The predicted octanol–water partition coefficient (Wildman–Crippen LogP) is 5.23. The van der Waals surface area contributed by atoms with Crippen LogP contribution in [0.3, 0.4) is 0 Å². The number of aromatic amines is 1. The van der Waals surface area contributed by atoms with Crippen molar-refractivity contribution < 1.29 is 0 Å². The van der Waals surface area contributed by atoms with Gasteiger partial charge in [0.1, 0.15) is 0 Å². The van der Waals surface area contributed by atoms with Crippen LogP contribution in [-0.2, 0) is 0 Å². The maximum Gasteiger partial charge on any atom is 0.0657 e. The van der Waals surface area contributed by atoms with E-state index in [1.165, 1.54) is 25.9 Å². The van der Waals surface area contributed by atoms with E-state index in [1.54, 1.807) is 0 Å². The van der Waals surface area contributed by atoms with Gasteiger partial charge in [0.15, 0.2) is 0 Å². The highest BCUT2D eigenvalue weighted by Gasteiger charge is 2.14. The van der Waals surface area contributed by atoms with Gasteiger partial charge in [-0.3, -0.25) is 5.10 Å². The Morgan fingerprint density at radius 2 is 1.82 bits per heavy atom. The average Bonchev–Trinajstić information content (AvgIpc) is 3.09. The molecule has 0 saturated heterocycles. The largest absolute Gasteiger partial charge is 0.313 e. The number of H-pyrrole nitrogens is 1. The molecule has 0 aliphatic heterocycles. The molecule has 0 fully saturated rings. The molecule has 0 bridgehead atoms. The van der Waals surface area contributed by atoms with Gasteiger partial charge in [0, 0.05) is 25.7 Å². The third-order valence-corrected chi connectivity index (χ3v) is 4.79. The van der Waals surface area contributed by atoms with Crippen molar-refractivity contribution in [2.75, 3.05) is 0 Å². The summed E-state index contributed by atoms with van der Waals surface area (Å²) in [5, 5.41) is 9.59. The summed E-state index contributed by atoms with van der Waals surface area (Å²) in [6.45, 7) is 4.48. The summed E-state index contributed by atoms with van der Waals surface area (Å²) >= 11 is 2.34. The van der Waals surface area contributed by atoms with Gasteiger partial charge in [0.2, 0.25) is 0 Å². The monoisotopic (exact) mass is 401 g/mol. The lowest BCUT2D eigenvalue weighted by atomic mass is 10.1. The maximum absolute atomic E-state index is 4.14. The van der Waals surface area contributed by atoms with Crippen LogP contribution >= 0.6 is 22.6 Å². The number of hydrogen-bond acceptors (Lipinski definition) is 1. The molecular formula is C18H16IN3. The Hall–Kier alpha value is -1.82. The van der Waals surface area contributed by atoms with Crippen LogP contribution in [0, 0.1) is 3.57 Å². The van der Waals surface area contributed by atoms with Gasteiger partial charge in [-0.1, -0.05) is 13.8 Å². The molecule has 3 nitrogen and oxygen atoms in total. The third-order valence-electron chi connectivity index (χ3n) is 4.07. The second-order valence-corrected chi connectivity index (χ2v) is 7.15. The molecule has 0 amide bonds. The van der Waals surface area contributed by atoms with Crippen molar-refractivity contribution in [3.8, 4) is 5.69 Å². The minimum atomic E-state index is 0.461. The summed E-state index contributed by atoms with van der Waals surface area (Å²) in [5.41, 5.74) is 4.86. The molecule has 0 unspecified atom stereocenters. The molecule has 110 valence electrons. The van der Waals surface area contributed by atoms with E-state index in [9.17, 15) is 0 Å². The van der Waals surface area contributed by atoms with E-state index in [2.05, 4.69) is 93.7 Å². The van der Waals surface area contributed by atoms with Crippen LogP contribution in [0.5, 0.6) is 0 Å². The zero-order chi connectivity index (χ0) is 15.3. The number of rotatable bonds is 2. The first-order valence-electron chi connectivity index (χ1n) is 7.38. The van der Waals surface area contributed by atoms with Crippen molar-refractivity contribution in [1.29, 1.82) is 0 Å². The van der Waals surface area contributed by atoms with Crippen LogP contribution in [0.1, 0.15) is 25.5 Å². The summed E-state index contributed by atoms with van der Waals surface area (Å²) in [6.07, 6.45) is 1.88. The van der Waals surface area contributed by atoms with E-state index < -0.39 is 0 Å². The molecule has 0 aliphatic carbocycles. The molecule has 4 aromatic rings. The molecule has 22 heavy (non-hydrogen) atoms. The Morgan fingerprint density at radius 1 is 1.05 bits per heavy atom. The van der Waals surface area contributed by atoms with Crippen LogP contribution < -0.4 is 0 Å². The van der Waals surface area contributed by atoms with Gasteiger partial charge in [0.05, 0.1) is 17.2 Å².